The summed E-state index contributed by atoms with van der Waals surface area (Å²) in [7, 11) is -0.874. The summed E-state index contributed by atoms with van der Waals surface area (Å²) in [5.74, 6) is 1.07. The second-order valence-electron chi connectivity index (χ2n) is 8.58. The molecule has 0 bridgehead atoms. The van der Waals surface area contributed by atoms with Gasteiger partial charge in [-0.3, -0.25) is 0 Å². The van der Waals surface area contributed by atoms with Crippen LogP contribution < -0.4 is 4.90 Å². The maximum Gasteiger partial charge on any atom is 0.282 e. The van der Waals surface area contributed by atoms with E-state index in [1.54, 1.807) is 0 Å². The number of halogens is 1. The molecule has 1 fully saturated rings. The third kappa shape index (κ3) is 5.18. The van der Waals surface area contributed by atoms with Crippen LogP contribution in [0.15, 0.2) is 22.7 Å². The molecule has 0 amide bonds. The van der Waals surface area contributed by atoms with E-state index in [1.807, 2.05) is 18.2 Å². The zero-order chi connectivity index (χ0) is 23.6. The van der Waals surface area contributed by atoms with Crippen LogP contribution in [0, 0.1) is 5.92 Å². The van der Waals surface area contributed by atoms with Gasteiger partial charge in [0.15, 0.2) is 5.82 Å². The molecule has 0 radical (unpaired) electrons. The molecule has 2 aromatic rings. The predicted molar refractivity (Wildman–Crippen MR) is 123 cm³/mol. The molecule has 4 rings (SSSR count). The van der Waals surface area contributed by atoms with E-state index in [0.29, 0.717) is 23.3 Å². The minimum Gasteiger partial charge on any atom is -0.395 e. The summed E-state index contributed by atoms with van der Waals surface area (Å²) >= 11 is 6.59. The first kappa shape index (κ1) is 24.4. The standard InChI is InChI=1S/C21H30ClN5O5S/c1-25(2)33(29,30)27(8-9-28)14-19-23-21(24-32-19)17-13-26(12-15-6-10-31-11-7-15)20-16(17)4-3-5-18(20)22/h3-5,15,17,28H,6-14H2,1-2H3. The smallest absolute Gasteiger partial charge is 0.282 e. The fraction of sp³-hybridized carbons (Fsp3) is 0.619. The Labute approximate surface area is 199 Å². The Bertz CT molecular complexity index is 1060. The van der Waals surface area contributed by atoms with Crippen LogP contribution in [0.25, 0.3) is 0 Å². The molecule has 10 nitrogen and oxygen atoms in total. The van der Waals surface area contributed by atoms with E-state index in [1.165, 1.54) is 14.1 Å². The average Bonchev–Trinajstić information content (AvgIpc) is 3.39. The van der Waals surface area contributed by atoms with Gasteiger partial charge in [-0.15, -0.1) is 0 Å². The second kappa shape index (κ2) is 10.2. The minimum atomic E-state index is -3.75. The largest absolute Gasteiger partial charge is 0.395 e. The lowest BCUT2D eigenvalue weighted by molar-refractivity contribution is 0.0683. The maximum atomic E-state index is 12.5. The van der Waals surface area contributed by atoms with E-state index in [-0.39, 0.29) is 31.5 Å². The number of fused-ring (bicyclic) bond motifs is 1. The quantitative estimate of drug-likeness (QED) is 0.554. The SMILES string of the molecule is CN(C)S(=O)(=O)N(CCO)Cc1nc(C2CN(CC3CCOCC3)c3c(Cl)cccc32)no1. The number of nitrogens with zero attached hydrogens (tertiary/aromatic N) is 5. The van der Waals surface area contributed by atoms with E-state index in [4.69, 9.17) is 20.9 Å². The molecule has 1 atom stereocenters. The van der Waals surface area contributed by atoms with Crippen molar-refractivity contribution in [3.8, 4) is 0 Å². The number of aliphatic hydroxyl groups excluding tert-OH is 1. The molecule has 12 heteroatoms. The average molecular weight is 500 g/mol. The first-order valence-electron chi connectivity index (χ1n) is 11.0. The number of rotatable bonds is 9. The van der Waals surface area contributed by atoms with Gasteiger partial charge in [0, 0.05) is 46.9 Å². The van der Waals surface area contributed by atoms with Gasteiger partial charge in [0.2, 0.25) is 5.89 Å². The number of aliphatic hydroxyl groups is 1. The molecule has 2 aliphatic heterocycles. The first-order chi connectivity index (χ1) is 15.8. The first-order valence-corrected chi connectivity index (χ1v) is 12.8. The number of hydrogen-bond donors (Lipinski definition) is 1. The van der Waals surface area contributed by atoms with Gasteiger partial charge in [0.25, 0.3) is 10.2 Å². The van der Waals surface area contributed by atoms with Crippen molar-refractivity contribution in [1.82, 2.24) is 18.8 Å². The Kier molecular flexibility index (Phi) is 7.56. The highest BCUT2D eigenvalue weighted by atomic mass is 35.5. The fourth-order valence-corrected chi connectivity index (χ4v) is 5.78. The molecule has 2 aliphatic rings. The topological polar surface area (TPSA) is 112 Å². The van der Waals surface area contributed by atoms with Crippen LogP contribution >= 0.6 is 11.6 Å². The van der Waals surface area contributed by atoms with Crippen LogP contribution in [0.2, 0.25) is 5.02 Å². The molecule has 33 heavy (non-hydrogen) atoms. The number of para-hydroxylation sites is 1. The minimum absolute atomic E-state index is 0.0705. The van der Waals surface area contributed by atoms with E-state index in [0.717, 1.165) is 52.5 Å². The highest BCUT2D eigenvalue weighted by molar-refractivity contribution is 7.86. The predicted octanol–water partition coefficient (Wildman–Crippen LogP) is 1.70. The Morgan fingerprint density at radius 3 is 2.73 bits per heavy atom. The number of ether oxygens (including phenoxy) is 1. The lowest BCUT2D eigenvalue weighted by Gasteiger charge is -2.29. The summed E-state index contributed by atoms with van der Waals surface area (Å²) in [6, 6.07) is 5.83. The molecular weight excluding hydrogens is 470 g/mol. The summed E-state index contributed by atoms with van der Waals surface area (Å²) in [5.41, 5.74) is 2.04. The summed E-state index contributed by atoms with van der Waals surface area (Å²) < 4.78 is 38.2. The van der Waals surface area contributed by atoms with Crippen LogP contribution in [0.3, 0.4) is 0 Å². The zero-order valence-electron chi connectivity index (χ0n) is 18.9. The van der Waals surface area contributed by atoms with Crippen LogP contribution in [0.5, 0.6) is 0 Å². The fourth-order valence-electron chi connectivity index (χ4n) is 4.43. The molecule has 1 aromatic heterocycles. The molecule has 0 saturated carbocycles. The number of aromatic nitrogens is 2. The van der Waals surface area contributed by atoms with Crippen molar-refractivity contribution < 1.29 is 22.8 Å². The highest BCUT2D eigenvalue weighted by Crippen LogP contribution is 2.44. The Hall–Kier alpha value is -1.76. The molecule has 3 heterocycles. The van der Waals surface area contributed by atoms with Crippen molar-refractivity contribution >= 4 is 27.5 Å². The maximum absolute atomic E-state index is 12.5. The molecule has 1 N–H and O–H groups in total. The summed E-state index contributed by atoms with van der Waals surface area (Å²) in [4.78, 5) is 6.82. The third-order valence-electron chi connectivity index (χ3n) is 6.18. The van der Waals surface area contributed by atoms with Gasteiger partial charge < -0.3 is 19.3 Å². The van der Waals surface area contributed by atoms with Gasteiger partial charge in [-0.2, -0.15) is 22.0 Å². The molecule has 1 unspecified atom stereocenters. The van der Waals surface area contributed by atoms with Crippen LogP contribution in [0.4, 0.5) is 5.69 Å². The normalized spacial score (nSPS) is 19.6. The van der Waals surface area contributed by atoms with Gasteiger partial charge in [0.05, 0.1) is 29.8 Å². The zero-order valence-corrected chi connectivity index (χ0v) is 20.4. The summed E-state index contributed by atoms with van der Waals surface area (Å²) in [6.07, 6.45) is 2.04. The Morgan fingerprint density at radius 1 is 1.27 bits per heavy atom. The van der Waals surface area contributed by atoms with Gasteiger partial charge in [-0.05, 0) is 30.4 Å². The molecule has 0 aliphatic carbocycles. The molecular formula is C21H30ClN5O5S. The number of hydrogen-bond acceptors (Lipinski definition) is 8. The van der Waals surface area contributed by atoms with Crippen molar-refractivity contribution in [1.29, 1.82) is 0 Å². The molecule has 0 spiro atoms. The van der Waals surface area contributed by atoms with Crippen molar-refractivity contribution in [3.05, 3.63) is 40.5 Å². The molecule has 1 saturated heterocycles. The number of benzene rings is 1. The Morgan fingerprint density at radius 2 is 2.03 bits per heavy atom. The number of anilines is 1. The lowest BCUT2D eigenvalue weighted by Crippen LogP contribution is -2.41. The summed E-state index contributed by atoms with van der Waals surface area (Å²) in [6.45, 7) is 2.62. The van der Waals surface area contributed by atoms with Crippen molar-refractivity contribution in [2.75, 3.05) is 58.5 Å². The van der Waals surface area contributed by atoms with Crippen LogP contribution in [-0.2, 0) is 21.5 Å². The van der Waals surface area contributed by atoms with E-state index in [2.05, 4.69) is 15.0 Å². The van der Waals surface area contributed by atoms with Crippen LogP contribution in [0.1, 0.15) is 36.0 Å². The van der Waals surface area contributed by atoms with Crippen LogP contribution in [-0.4, -0.2) is 85.8 Å². The van der Waals surface area contributed by atoms with E-state index >= 15 is 0 Å². The Balaban J connectivity index is 1.55. The molecule has 1 aromatic carbocycles. The van der Waals surface area contributed by atoms with Gasteiger partial charge >= 0.3 is 0 Å². The van der Waals surface area contributed by atoms with E-state index < -0.39 is 10.2 Å². The van der Waals surface area contributed by atoms with Crippen molar-refractivity contribution in [2.45, 2.75) is 25.3 Å². The highest BCUT2D eigenvalue weighted by Gasteiger charge is 2.36. The lowest BCUT2D eigenvalue weighted by atomic mass is 10.00. The molecule has 182 valence electrons. The van der Waals surface area contributed by atoms with Crippen molar-refractivity contribution in [3.63, 3.8) is 0 Å². The van der Waals surface area contributed by atoms with E-state index in [9.17, 15) is 13.5 Å². The van der Waals surface area contributed by atoms with Gasteiger partial charge in [-0.25, -0.2) is 0 Å². The van der Waals surface area contributed by atoms with Gasteiger partial charge in [0.1, 0.15) is 0 Å². The summed E-state index contributed by atoms with van der Waals surface area (Å²) in [5, 5.41) is 14.2. The van der Waals surface area contributed by atoms with Crippen molar-refractivity contribution in [2.24, 2.45) is 5.92 Å². The van der Waals surface area contributed by atoms with Gasteiger partial charge in [-0.1, -0.05) is 28.9 Å². The monoisotopic (exact) mass is 499 g/mol. The second-order valence-corrected chi connectivity index (χ2v) is 11.1. The third-order valence-corrected chi connectivity index (χ3v) is 8.37.